The maximum atomic E-state index is 12.1. The number of sulfone groups is 1. The molecule has 0 aliphatic heterocycles. The Morgan fingerprint density at radius 3 is 2.52 bits per heavy atom. The van der Waals surface area contributed by atoms with Crippen molar-refractivity contribution < 1.29 is 13.2 Å². The van der Waals surface area contributed by atoms with E-state index in [2.05, 4.69) is 5.32 Å². The Hall–Kier alpha value is -1.85. The highest BCUT2D eigenvalue weighted by Crippen LogP contribution is 2.17. The molecule has 0 aliphatic carbocycles. The first-order valence-electron chi connectivity index (χ1n) is 6.16. The highest BCUT2D eigenvalue weighted by Gasteiger charge is 2.10. The quantitative estimate of drug-likeness (QED) is 0.879. The summed E-state index contributed by atoms with van der Waals surface area (Å²) in [5, 5.41) is 2.68. The first-order valence-corrected chi connectivity index (χ1v) is 8.59. The fraction of sp³-hybridized carbons (Fsp3) is 0.133. The van der Waals surface area contributed by atoms with Gasteiger partial charge >= 0.3 is 0 Å². The third kappa shape index (κ3) is 4.06. The number of nitrogens with one attached hydrogen (secondary N) is 1. The molecule has 0 heterocycles. The molecule has 1 amide bonds. The van der Waals surface area contributed by atoms with Crippen LogP contribution >= 0.6 is 11.6 Å². The second kappa shape index (κ2) is 6.28. The molecule has 0 bridgehead atoms. The van der Waals surface area contributed by atoms with Gasteiger partial charge in [-0.15, -0.1) is 11.6 Å². The van der Waals surface area contributed by atoms with Crippen LogP contribution in [0.2, 0.25) is 0 Å². The molecule has 0 fully saturated rings. The minimum atomic E-state index is -3.31. The zero-order valence-corrected chi connectivity index (χ0v) is 12.9. The molecule has 21 heavy (non-hydrogen) atoms. The molecule has 2 aromatic rings. The minimum Gasteiger partial charge on any atom is -0.322 e. The van der Waals surface area contributed by atoms with E-state index in [4.69, 9.17) is 11.6 Å². The molecule has 0 saturated carbocycles. The van der Waals surface area contributed by atoms with Crippen molar-refractivity contribution in [2.75, 3.05) is 11.6 Å². The van der Waals surface area contributed by atoms with Crippen molar-refractivity contribution in [3.63, 3.8) is 0 Å². The van der Waals surface area contributed by atoms with Crippen LogP contribution in [0, 0.1) is 0 Å². The molecule has 6 heteroatoms. The van der Waals surface area contributed by atoms with Gasteiger partial charge < -0.3 is 5.32 Å². The summed E-state index contributed by atoms with van der Waals surface area (Å²) in [5.41, 5.74) is 1.74. The third-order valence-electron chi connectivity index (χ3n) is 2.86. The van der Waals surface area contributed by atoms with Crippen LogP contribution in [0.1, 0.15) is 15.9 Å². The number of benzene rings is 2. The molecule has 1 N–H and O–H groups in total. The van der Waals surface area contributed by atoms with E-state index in [0.717, 1.165) is 11.8 Å². The SMILES string of the molecule is CS(=O)(=O)c1cccc(NC(=O)c2cccc(CCl)c2)c1. The second-order valence-corrected chi connectivity index (χ2v) is 6.87. The average molecular weight is 324 g/mol. The number of carbonyl (C=O) groups is 1. The van der Waals surface area contributed by atoms with Gasteiger partial charge in [-0.05, 0) is 35.9 Å². The fourth-order valence-corrected chi connectivity index (χ4v) is 2.64. The number of amides is 1. The third-order valence-corrected chi connectivity index (χ3v) is 4.28. The summed E-state index contributed by atoms with van der Waals surface area (Å²) < 4.78 is 23.0. The second-order valence-electron chi connectivity index (χ2n) is 4.59. The Labute approximate surface area is 128 Å². The molecule has 2 aromatic carbocycles. The molecule has 0 aliphatic rings. The van der Waals surface area contributed by atoms with Gasteiger partial charge in [0, 0.05) is 23.4 Å². The lowest BCUT2D eigenvalue weighted by Crippen LogP contribution is -2.12. The van der Waals surface area contributed by atoms with Crippen LogP contribution in [0.25, 0.3) is 0 Å². The molecule has 0 radical (unpaired) electrons. The summed E-state index contributed by atoms with van der Waals surface area (Å²) >= 11 is 5.74. The lowest BCUT2D eigenvalue weighted by atomic mass is 10.1. The minimum absolute atomic E-state index is 0.162. The average Bonchev–Trinajstić information content (AvgIpc) is 2.46. The van der Waals surface area contributed by atoms with Gasteiger partial charge in [0.2, 0.25) is 0 Å². The number of anilines is 1. The predicted octanol–water partition coefficient (Wildman–Crippen LogP) is 3.08. The number of rotatable bonds is 4. The Bertz CT molecular complexity index is 772. The van der Waals surface area contributed by atoms with Crippen LogP contribution in [0.5, 0.6) is 0 Å². The summed E-state index contributed by atoms with van der Waals surface area (Å²) in [7, 11) is -3.31. The molecule has 0 spiro atoms. The molecule has 0 unspecified atom stereocenters. The maximum Gasteiger partial charge on any atom is 0.255 e. The van der Waals surface area contributed by atoms with E-state index in [9.17, 15) is 13.2 Å². The normalized spacial score (nSPS) is 11.1. The summed E-state index contributed by atoms with van der Waals surface area (Å²) in [6, 6.07) is 13.1. The lowest BCUT2D eigenvalue weighted by Gasteiger charge is -2.07. The van der Waals surface area contributed by atoms with Crippen molar-refractivity contribution in [3.05, 3.63) is 59.7 Å². The number of carbonyl (C=O) groups excluding carboxylic acids is 1. The molecule has 0 atom stereocenters. The summed E-state index contributed by atoms with van der Waals surface area (Å²) in [6.07, 6.45) is 1.12. The van der Waals surface area contributed by atoms with Gasteiger partial charge in [0.1, 0.15) is 0 Å². The van der Waals surface area contributed by atoms with Gasteiger partial charge in [-0.2, -0.15) is 0 Å². The molecule has 0 aromatic heterocycles. The van der Waals surface area contributed by atoms with Crippen molar-refractivity contribution in [2.24, 2.45) is 0 Å². The van der Waals surface area contributed by atoms with E-state index in [1.807, 2.05) is 6.07 Å². The Morgan fingerprint density at radius 1 is 1.14 bits per heavy atom. The first-order chi connectivity index (χ1) is 9.90. The highest BCUT2D eigenvalue weighted by atomic mass is 35.5. The van der Waals surface area contributed by atoms with Crippen LogP contribution in [-0.4, -0.2) is 20.6 Å². The van der Waals surface area contributed by atoms with Crippen LogP contribution < -0.4 is 5.32 Å². The Kier molecular flexibility index (Phi) is 4.65. The topological polar surface area (TPSA) is 63.2 Å². The number of hydrogen-bond donors (Lipinski definition) is 1. The largest absolute Gasteiger partial charge is 0.322 e. The van der Waals surface area contributed by atoms with Crippen LogP contribution in [-0.2, 0) is 15.7 Å². The predicted molar refractivity (Wildman–Crippen MR) is 83.5 cm³/mol. The van der Waals surface area contributed by atoms with E-state index in [0.29, 0.717) is 17.1 Å². The van der Waals surface area contributed by atoms with Gasteiger partial charge in [0.05, 0.1) is 4.90 Å². The Morgan fingerprint density at radius 2 is 1.86 bits per heavy atom. The van der Waals surface area contributed by atoms with Crippen molar-refractivity contribution in [2.45, 2.75) is 10.8 Å². The summed E-state index contributed by atoms with van der Waals surface area (Å²) in [6.45, 7) is 0. The standard InChI is InChI=1S/C15H14ClNO3S/c1-21(19,20)14-7-3-6-13(9-14)17-15(18)12-5-2-4-11(8-12)10-16/h2-9H,10H2,1H3,(H,17,18). The van der Waals surface area contributed by atoms with Gasteiger partial charge in [0.15, 0.2) is 9.84 Å². The summed E-state index contributed by atoms with van der Waals surface area (Å²) in [5.74, 6) is 0.0117. The number of halogens is 1. The van der Waals surface area contributed by atoms with Gasteiger partial charge in [-0.25, -0.2) is 8.42 Å². The van der Waals surface area contributed by atoms with Crippen molar-refractivity contribution in [1.82, 2.24) is 0 Å². The monoisotopic (exact) mass is 323 g/mol. The summed E-state index contributed by atoms with van der Waals surface area (Å²) in [4.78, 5) is 12.3. The van der Waals surface area contributed by atoms with E-state index >= 15 is 0 Å². The number of alkyl halides is 1. The van der Waals surface area contributed by atoms with Crippen molar-refractivity contribution in [1.29, 1.82) is 0 Å². The zero-order valence-electron chi connectivity index (χ0n) is 11.3. The molecule has 0 saturated heterocycles. The van der Waals surface area contributed by atoms with Gasteiger partial charge in [-0.1, -0.05) is 18.2 Å². The lowest BCUT2D eigenvalue weighted by molar-refractivity contribution is 0.102. The van der Waals surface area contributed by atoms with E-state index in [-0.39, 0.29) is 10.8 Å². The molecule has 4 nitrogen and oxygen atoms in total. The van der Waals surface area contributed by atoms with Gasteiger partial charge in [0.25, 0.3) is 5.91 Å². The van der Waals surface area contributed by atoms with Crippen LogP contribution in [0.3, 0.4) is 0 Å². The van der Waals surface area contributed by atoms with Crippen LogP contribution in [0.4, 0.5) is 5.69 Å². The van der Waals surface area contributed by atoms with Crippen molar-refractivity contribution >= 4 is 33.0 Å². The smallest absolute Gasteiger partial charge is 0.255 e. The van der Waals surface area contributed by atoms with E-state index < -0.39 is 9.84 Å². The molecule has 110 valence electrons. The van der Waals surface area contributed by atoms with Crippen LogP contribution in [0.15, 0.2) is 53.4 Å². The maximum absolute atomic E-state index is 12.1. The molecule has 2 rings (SSSR count). The number of hydrogen-bond acceptors (Lipinski definition) is 3. The first kappa shape index (κ1) is 15.5. The highest BCUT2D eigenvalue weighted by molar-refractivity contribution is 7.90. The van der Waals surface area contributed by atoms with Crippen molar-refractivity contribution in [3.8, 4) is 0 Å². The molecular formula is C15H14ClNO3S. The fourth-order valence-electron chi connectivity index (χ4n) is 1.80. The Balaban J connectivity index is 2.23. The molecular weight excluding hydrogens is 310 g/mol. The van der Waals surface area contributed by atoms with E-state index in [1.165, 1.54) is 12.1 Å². The van der Waals surface area contributed by atoms with E-state index in [1.54, 1.807) is 30.3 Å². The van der Waals surface area contributed by atoms with Gasteiger partial charge in [-0.3, -0.25) is 4.79 Å². The zero-order chi connectivity index (χ0) is 15.5.